The van der Waals surface area contributed by atoms with Crippen LogP contribution in [0.5, 0.6) is 5.75 Å². The molecule has 2 N–H and O–H groups in total. The fraction of sp³-hybridized carbons (Fsp3) is 0.600. The summed E-state index contributed by atoms with van der Waals surface area (Å²) < 4.78 is 31.8. The predicted octanol–water partition coefficient (Wildman–Crippen LogP) is 2.63. The normalized spacial score (nSPS) is 19.4. The topological polar surface area (TPSA) is 41.5 Å². The van der Waals surface area contributed by atoms with Gasteiger partial charge in [0.05, 0.1) is 12.7 Å². The zero-order chi connectivity index (χ0) is 14.8. The minimum Gasteiger partial charge on any atom is -0.488 e. The Morgan fingerprint density at radius 2 is 2.15 bits per heavy atom. The highest BCUT2D eigenvalue weighted by Gasteiger charge is 2.33. The molecule has 2 rings (SSSR count). The molecule has 1 saturated carbocycles. The third-order valence-corrected chi connectivity index (χ3v) is 3.44. The van der Waals surface area contributed by atoms with E-state index in [0.717, 1.165) is 18.9 Å². The lowest BCUT2D eigenvalue weighted by molar-refractivity contribution is 0.106. The second-order valence-corrected chi connectivity index (χ2v) is 5.84. The molecule has 0 spiro atoms. The first-order valence-corrected chi connectivity index (χ1v) is 6.92. The first-order chi connectivity index (χ1) is 9.42. The van der Waals surface area contributed by atoms with Gasteiger partial charge in [0.15, 0.2) is 11.6 Å². The summed E-state index contributed by atoms with van der Waals surface area (Å²) in [7, 11) is 0. The number of ether oxygens (including phenoxy) is 1. The van der Waals surface area contributed by atoms with Crippen LogP contribution in [-0.2, 0) is 0 Å². The van der Waals surface area contributed by atoms with E-state index in [9.17, 15) is 13.9 Å². The van der Waals surface area contributed by atoms with Crippen molar-refractivity contribution in [1.82, 2.24) is 5.32 Å². The van der Waals surface area contributed by atoms with Crippen LogP contribution in [0.4, 0.5) is 8.78 Å². The fourth-order valence-electron chi connectivity index (χ4n) is 2.35. The van der Waals surface area contributed by atoms with E-state index in [0.29, 0.717) is 12.5 Å². The van der Waals surface area contributed by atoms with E-state index in [1.54, 1.807) is 0 Å². The van der Waals surface area contributed by atoms with E-state index < -0.39 is 17.2 Å². The Labute approximate surface area is 117 Å². The molecule has 0 radical (unpaired) electrons. The predicted molar refractivity (Wildman–Crippen MR) is 72.7 cm³/mol. The molecule has 2 atom stereocenters. The number of nitrogens with one attached hydrogen (secondary N) is 1. The maximum absolute atomic E-state index is 13.5. The summed E-state index contributed by atoms with van der Waals surface area (Å²) in [6.07, 6.45) is 2.49. The number of rotatable bonds is 7. The quantitative estimate of drug-likeness (QED) is 0.809. The molecule has 5 heteroatoms. The molecule has 0 aliphatic heterocycles. The number of aliphatic hydroxyl groups excluding tert-OH is 1. The number of hydrogen-bond acceptors (Lipinski definition) is 3. The molecule has 0 amide bonds. The van der Waals surface area contributed by atoms with Crippen molar-refractivity contribution in [2.45, 2.75) is 50.8 Å². The van der Waals surface area contributed by atoms with Gasteiger partial charge < -0.3 is 15.2 Å². The van der Waals surface area contributed by atoms with E-state index in [1.165, 1.54) is 12.1 Å². The summed E-state index contributed by atoms with van der Waals surface area (Å²) in [6.45, 7) is 3.72. The second kappa shape index (κ2) is 6.06. The van der Waals surface area contributed by atoms with E-state index in [2.05, 4.69) is 5.32 Å². The van der Waals surface area contributed by atoms with Crippen molar-refractivity contribution in [1.29, 1.82) is 0 Å². The third-order valence-electron chi connectivity index (χ3n) is 3.44. The lowest BCUT2D eigenvalue weighted by Crippen LogP contribution is -2.49. The largest absolute Gasteiger partial charge is 0.488 e. The minimum atomic E-state index is -0.710. The Morgan fingerprint density at radius 1 is 1.45 bits per heavy atom. The number of halogens is 2. The Morgan fingerprint density at radius 3 is 2.70 bits per heavy atom. The molecule has 0 aromatic heterocycles. The van der Waals surface area contributed by atoms with Gasteiger partial charge in [0.25, 0.3) is 0 Å². The average Bonchev–Trinajstić information content (AvgIpc) is 3.16. The van der Waals surface area contributed by atoms with Gasteiger partial charge in [-0.2, -0.15) is 0 Å². The molecule has 3 nitrogen and oxygen atoms in total. The summed E-state index contributed by atoms with van der Waals surface area (Å²) in [6, 6.07) is 3.71. The molecule has 1 aliphatic rings. The van der Waals surface area contributed by atoms with Crippen molar-refractivity contribution >= 4 is 0 Å². The number of hydrogen-bond donors (Lipinski definition) is 2. The van der Waals surface area contributed by atoms with Crippen LogP contribution in [0.15, 0.2) is 18.2 Å². The first kappa shape index (κ1) is 15.2. The van der Waals surface area contributed by atoms with Gasteiger partial charge in [0.1, 0.15) is 5.82 Å². The van der Waals surface area contributed by atoms with Gasteiger partial charge in [-0.05, 0) is 38.8 Å². The number of benzene rings is 1. The van der Waals surface area contributed by atoms with Crippen molar-refractivity contribution in [3.63, 3.8) is 0 Å². The lowest BCUT2D eigenvalue weighted by Gasteiger charge is -2.32. The molecule has 1 aromatic rings. The van der Waals surface area contributed by atoms with Crippen LogP contribution in [0.1, 0.15) is 33.1 Å². The average molecular weight is 285 g/mol. The summed E-state index contributed by atoms with van der Waals surface area (Å²) in [5.74, 6) is -1.30. The van der Waals surface area contributed by atoms with Crippen LogP contribution >= 0.6 is 0 Å². The summed E-state index contributed by atoms with van der Waals surface area (Å²) in [5.41, 5.74) is -0.447. The van der Waals surface area contributed by atoms with Crippen molar-refractivity contribution in [2.75, 3.05) is 6.61 Å². The molecule has 1 aliphatic carbocycles. The number of aliphatic hydroxyl groups is 1. The highest BCUT2D eigenvalue weighted by Crippen LogP contribution is 2.26. The Kier molecular flexibility index (Phi) is 4.60. The van der Waals surface area contributed by atoms with Crippen LogP contribution in [0.2, 0.25) is 0 Å². The highest BCUT2D eigenvalue weighted by molar-refractivity contribution is 5.24. The van der Waals surface area contributed by atoms with Crippen LogP contribution in [-0.4, -0.2) is 29.4 Å². The molecule has 1 aromatic carbocycles. The second-order valence-electron chi connectivity index (χ2n) is 5.84. The molecule has 0 heterocycles. The van der Waals surface area contributed by atoms with Gasteiger partial charge in [-0.3, -0.25) is 0 Å². The van der Waals surface area contributed by atoms with Gasteiger partial charge in [-0.1, -0.05) is 0 Å². The van der Waals surface area contributed by atoms with E-state index in [-0.39, 0.29) is 18.5 Å². The standard InChI is InChI=1S/C15H21F2NO2/c1-10(8-15(2,9-19)18-12-4-5-12)20-14-6-3-11(16)7-13(14)17/h3,6-7,10,12,18-19H,4-5,8-9H2,1-2H3. The van der Waals surface area contributed by atoms with Crippen LogP contribution in [0.25, 0.3) is 0 Å². The molecular formula is C15H21F2NO2. The van der Waals surface area contributed by atoms with E-state index in [1.807, 2.05) is 13.8 Å². The summed E-state index contributed by atoms with van der Waals surface area (Å²) >= 11 is 0. The molecule has 0 bridgehead atoms. The molecule has 112 valence electrons. The summed E-state index contributed by atoms with van der Waals surface area (Å²) in [5, 5.41) is 12.9. The van der Waals surface area contributed by atoms with Crippen LogP contribution in [0, 0.1) is 11.6 Å². The van der Waals surface area contributed by atoms with Crippen molar-refractivity contribution in [3.8, 4) is 5.75 Å². The maximum atomic E-state index is 13.5. The first-order valence-electron chi connectivity index (χ1n) is 6.92. The van der Waals surface area contributed by atoms with Crippen LogP contribution in [0.3, 0.4) is 0 Å². The Balaban J connectivity index is 1.94. The Bertz CT molecular complexity index is 465. The van der Waals surface area contributed by atoms with Crippen molar-refractivity contribution in [3.05, 3.63) is 29.8 Å². The third kappa shape index (κ3) is 4.15. The van der Waals surface area contributed by atoms with Gasteiger partial charge in [-0.25, -0.2) is 8.78 Å². The molecule has 2 unspecified atom stereocenters. The molecule has 1 fully saturated rings. The highest BCUT2D eigenvalue weighted by atomic mass is 19.1. The van der Waals surface area contributed by atoms with Crippen molar-refractivity contribution < 1.29 is 18.6 Å². The fourth-order valence-corrected chi connectivity index (χ4v) is 2.35. The zero-order valence-corrected chi connectivity index (χ0v) is 11.8. The summed E-state index contributed by atoms with van der Waals surface area (Å²) in [4.78, 5) is 0. The zero-order valence-electron chi connectivity index (χ0n) is 11.8. The molecule has 0 saturated heterocycles. The van der Waals surface area contributed by atoms with Crippen molar-refractivity contribution in [2.24, 2.45) is 0 Å². The monoisotopic (exact) mass is 285 g/mol. The molecule has 20 heavy (non-hydrogen) atoms. The van der Waals surface area contributed by atoms with Gasteiger partial charge >= 0.3 is 0 Å². The van der Waals surface area contributed by atoms with Gasteiger partial charge in [0.2, 0.25) is 0 Å². The lowest BCUT2D eigenvalue weighted by atomic mass is 9.95. The SMILES string of the molecule is CC(CC(C)(CO)NC1CC1)Oc1ccc(F)cc1F. The van der Waals surface area contributed by atoms with Gasteiger partial charge in [0, 0.05) is 24.1 Å². The maximum Gasteiger partial charge on any atom is 0.167 e. The minimum absolute atomic E-state index is 0.0108. The van der Waals surface area contributed by atoms with Gasteiger partial charge in [-0.15, -0.1) is 0 Å². The van der Waals surface area contributed by atoms with Crippen LogP contribution < -0.4 is 10.1 Å². The Hall–Kier alpha value is -1.20. The molecular weight excluding hydrogens is 264 g/mol. The van der Waals surface area contributed by atoms with E-state index >= 15 is 0 Å². The van der Waals surface area contributed by atoms with E-state index in [4.69, 9.17) is 4.74 Å². The smallest absolute Gasteiger partial charge is 0.167 e.